The molecule has 24 heavy (non-hydrogen) atoms. The largest absolute Gasteiger partial charge is 0.379 e. The molecule has 1 aliphatic heterocycles. The van der Waals surface area contributed by atoms with Crippen LogP contribution in [0.3, 0.4) is 0 Å². The Labute approximate surface area is 147 Å². The fourth-order valence-electron chi connectivity index (χ4n) is 3.36. The van der Waals surface area contributed by atoms with Gasteiger partial charge in [0.15, 0.2) is 0 Å². The van der Waals surface area contributed by atoms with Crippen LogP contribution in [0.4, 0.5) is 0 Å². The normalized spacial score (nSPS) is 17.1. The minimum absolute atomic E-state index is 0.0588. The quantitative estimate of drug-likeness (QED) is 0.902. The Hall–Kier alpha value is -1.56. The first-order valence-electron chi connectivity index (χ1n) is 8.45. The molecule has 0 spiro atoms. The lowest BCUT2D eigenvalue weighted by molar-refractivity contribution is 0.0159. The number of halogens is 1. The van der Waals surface area contributed by atoms with Crippen LogP contribution in [0, 0.1) is 0 Å². The zero-order valence-electron chi connectivity index (χ0n) is 14.2. The maximum absolute atomic E-state index is 12.6. The molecule has 1 fully saturated rings. The zero-order valence-corrected chi connectivity index (χ0v) is 15.0. The average molecular weight is 350 g/mol. The Bertz CT molecular complexity index is 722. The van der Waals surface area contributed by atoms with Crippen molar-refractivity contribution in [1.29, 1.82) is 0 Å². The molecule has 5 nitrogen and oxygen atoms in total. The van der Waals surface area contributed by atoms with Gasteiger partial charge in [-0.05, 0) is 18.6 Å². The molecule has 1 N–H and O–H groups in total. The van der Waals surface area contributed by atoms with E-state index in [1.165, 1.54) is 0 Å². The molecule has 6 heteroatoms. The number of aromatic nitrogens is 1. The highest BCUT2D eigenvalue weighted by Gasteiger charge is 2.21. The van der Waals surface area contributed by atoms with Crippen LogP contribution in [0.25, 0.3) is 10.9 Å². The predicted octanol–water partition coefficient (Wildman–Crippen LogP) is 2.67. The molecule has 0 bridgehead atoms. The number of aryl methyl sites for hydroxylation is 1. The van der Waals surface area contributed by atoms with Crippen LogP contribution in [0.2, 0.25) is 5.02 Å². The maximum Gasteiger partial charge on any atom is 0.267 e. The van der Waals surface area contributed by atoms with Gasteiger partial charge in [-0.1, -0.05) is 30.7 Å². The van der Waals surface area contributed by atoms with Crippen LogP contribution in [0.5, 0.6) is 0 Å². The van der Waals surface area contributed by atoms with Gasteiger partial charge in [-0.3, -0.25) is 9.69 Å². The zero-order chi connectivity index (χ0) is 17.1. The summed E-state index contributed by atoms with van der Waals surface area (Å²) in [5.74, 6) is -0.0588. The topological polar surface area (TPSA) is 46.5 Å². The number of hydrogen-bond acceptors (Lipinski definition) is 3. The molecule has 1 aromatic carbocycles. The van der Waals surface area contributed by atoms with E-state index >= 15 is 0 Å². The van der Waals surface area contributed by atoms with Crippen molar-refractivity contribution in [2.45, 2.75) is 19.4 Å². The molecular weight excluding hydrogens is 326 g/mol. The summed E-state index contributed by atoms with van der Waals surface area (Å²) in [4.78, 5) is 15.0. The lowest BCUT2D eigenvalue weighted by Crippen LogP contribution is -2.48. The van der Waals surface area contributed by atoms with Gasteiger partial charge < -0.3 is 14.6 Å². The number of carbonyl (C=O) groups excluding carboxylic acids is 1. The molecule has 0 saturated carbocycles. The van der Waals surface area contributed by atoms with Crippen molar-refractivity contribution in [2.24, 2.45) is 7.05 Å². The molecule has 2 aromatic rings. The summed E-state index contributed by atoms with van der Waals surface area (Å²) >= 11 is 6.26. The number of carbonyl (C=O) groups is 1. The molecular formula is C18H24ClN3O2. The number of nitrogens with zero attached hydrogens (tertiary/aromatic N) is 2. The van der Waals surface area contributed by atoms with Crippen molar-refractivity contribution >= 4 is 28.4 Å². The van der Waals surface area contributed by atoms with Gasteiger partial charge in [0.2, 0.25) is 0 Å². The number of hydrogen-bond donors (Lipinski definition) is 1. The second-order valence-corrected chi connectivity index (χ2v) is 6.59. The third-order valence-electron chi connectivity index (χ3n) is 4.77. The highest BCUT2D eigenvalue weighted by Crippen LogP contribution is 2.26. The highest BCUT2D eigenvalue weighted by molar-refractivity contribution is 6.35. The molecule has 1 atom stereocenters. The Morgan fingerprint density at radius 1 is 1.38 bits per heavy atom. The summed E-state index contributed by atoms with van der Waals surface area (Å²) in [6.45, 7) is 6.20. The Balaban J connectivity index is 1.70. The van der Waals surface area contributed by atoms with E-state index in [2.05, 4.69) is 17.1 Å². The lowest BCUT2D eigenvalue weighted by atomic mass is 10.1. The summed E-state index contributed by atoms with van der Waals surface area (Å²) in [6, 6.07) is 7.96. The first-order chi connectivity index (χ1) is 11.6. The molecule has 130 valence electrons. The van der Waals surface area contributed by atoms with Crippen LogP contribution in [0.1, 0.15) is 23.8 Å². The van der Waals surface area contributed by atoms with Crippen molar-refractivity contribution < 1.29 is 9.53 Å². The number of ether oxygens (including phenoxy) is 1. The summed E-state index contributed by atoms with van der Waals surface area (Å²) < 4.78 is 7.27. The number of para-hydroxylation sites is 1. The predicted molar refractivity (Wildman–Crippen MR) is 96.7 cm³/mol. The third-order valence-corrected chi connectivity index (χ3v) is 5.08. The minimum Gasteiger partial charge on any atom is -0.379 e. The minimum atomic E-state index is -0.0588. The van der Waals surface area contributed by atoms with Gasteiger partial charge in [-0.2, -0.15) is 0 Å². The van der Waals surface area contributed by atoms with E-state index in [1.807, 2.05) is 35.9 Å². The molecule has 1 unspecified atom stereocenters. The number of fused-ring (bicyclic) bond motifs is 1. The lowest BCUT2D eigenvalue weighted by Gasteiger charge is -2.34. The maximum atomic E-state index is 12.6. The molecule has 0 aliphatic carbocycles. The van der Waals surface area contributed by atoms with Gasteiger partial charge in [0.1, 0.15) is 5.69 Å². The van der Waals surface area contributed by atoms with Crippen LogP contribution in [-0.4, -0.2) is 54.3 Å². The molecule has 1 saturated heterocycles. The van der Waals surface area contributed by atoms with Crippen molar-refractivity contribution in [2.75, 3.05) is 32.8 Å². The molecule has 1 amide bonds. The fourth-order valence-corrected chi connectivity index (χ4v) is 3.67. The second kappa shape index (κ2) is 7.55. The van der Waals surface area contributed by atoms with Crippen LogP contribution >= 0.6 is 11.6 Å². The first kappa shape index (κ1) is 17.3. The standard InChI is InChI=1S/C18H24ClN3O2/c1-3-14(22-7-9-24-10-8-22)12-20-18(23)16-11-13-5-4-6-15(19)17(13)21(16)2/h4-6,11,14H,3,7-10,12H2,1-2H3,(H,20,23). The smallest absolute Gasteiger partial charge is 0.267 e. The molecule has 0 radical (unpaired) electrons. The van der Waals surface area contributed by atoms with Gasteiger partial charge >= 0.3 is 0 Å². The highest BCUT2D eigenvalue weighted by atomic mass is 35.5. The number of nitrogens with one attached hydrogen (secondary N) is 1. The Morgan fingerprint density at radius 2 is 2.12 bits per heavy atom. The van der Waals surface area contributed by atoms with Gasteiger partial charge in [0.25, 0.3) is 5.91 Å². The van der Waals surface area contributed by atoms with E-state index in [9.17, 15) is 4.79 Å². The van der Waals surface area contributed by atoms with Crippen molar-refractivity contribution in [3.05, 3.63) is 35.0 Å². The van der Waals surface area contributed by atoms with E-state index in [4.69, 9.17) is 16.3 Å². The van der Waals surface area contributed by atoms with Gasteiger partial charge in [0, 0.05) is 38.1 Å². The van der Waals surface area contributed by atoms with Crippen molar-refractivity contribution in [1.82, 2.24) is 14.8 Å². The van der Waals surface area contributed by atoms with Gasteiger partial charge in [-0.25, -0.2) is 0 Å². The second-order valence-electron chi connectivity index (χ2n) is 6.19. The van der Waals surface area contributed by atoms with Gasteiger partial charge in [0.05, 0.1) is 23.8 Å². The van der Waals surface area contributed by atoms with Crippen LogP contribution in [0.15, 0.2) is 24.3 Å². The SMILES string of the molecule is CCC(CNC(=O)c1cc2cccc(Cl)c2n1C)N1CCOCC1. The van der Waals surface area contributed by atoms with E-state index in [1.54, 1.807) is 0 Å². The average Bonchev–Trinajstić information content (AvgIpc) is 2.94. The van der Waals surface area contributed by atoms with E-state index in [-0.39, 0.29) is 5.91 Å². The van der Waals surface area contributed by atoms with Crippen LogP contribution in [-0.2, 0) is 11.8 Å². The molecule has 3 rings (SSSR count). The summed E-state index contributed by atoms with van der Waals surface area (Å²) in [5.41, 5.74) is 1.53. The number of morpholine rings is 1. The summed E-state index contributed by atoms with van der Waals surface area (Å²) in [5, 5.41) is 4.73. The molecule has 2 heterocycles. The van der Waals surface area contributed by atoms with Crippen molar-refractivity contribution in [3.63, 3.8) is 0 Å². The first-order valence-corrected chi connectivity index (χ1v) is 8.83. The van der Waals surface area contributed by atoms with Gasteiger partial charge in [-0.15, -0.1) is 0 Å². The molecule has 1 aliphatic rings. The van der Waals surface area contributed by atoms with E-state index in [0.29, 0.717) is 23.3 Å². The third kappa shape index (κ3) is 3.43. The Morgan fingerprint density at radius 3 is 2.79 bits per heavy atom. The number of benzene rings is 1. The number of rotatable bonds is 5. The monoisotopic (exact) mass is 349 g/mol. The van der Waals surface area contributed by atoms with E-state index < -0.39 is 0 Å². The Kier molecular flexibility index (Phi) is 5.43. The molecule has 1 aromatic heterocycles. The summed E-state index contributed by atoms with van der Waals surface area (Å²) in [6.07, 6.45) is 1.00. The van der Waals surface area contributed by atoms with Crippen molar-refractivity contribution in [3.8, 4) is 0 Å². The van der Waals surface area contributed by atoms with Crippen LogP contribution < -0.4 is 5.32 Å². The number of amides is 1. The van der Waals surface area contributed by atoms with E-state index in [0.717, 1.165) is 43.6 Å². The summed E-state index contributed by atoms with van der Waals surface area (Å²) in [7, 11) is 1.88. The fraction of sp³-hybridized carbons (Fsp3) is 0.500.